The monoisotopic (exact) mass is 185 g/mol. The summed E-state index contributed by atoms with van der Waals surface area (Å²) in [5, 5.41) is 10.0. The van der Waals surface area contributed by atoms with Crippen LogP contribution in [0.25, 0.3) is 0 Å². The first-order chi connectivity index (χ1) is 6.20. The fourth-order valence-corrected chi connectivity index (χ4v) is 2.13. The van der Waals surface area contributed by atoms with E-state index in [2.05, 4.69) is 13.8 Å². The summed E-state index contributed by atoms with van der Waals surface area (Å²) in [6.45, 7) is 4.95. The average molecular weight is 185 g/mol. The van der Waals surface area contributed by atoms with Crippen LogP contribution in [0.5, 0.6) is 0 Å². The Labute approximate surface area is 81.5 Å². The lowest BCUT2D eigenvalue weighted by atomic mass is 9.86. The van der Waals surface area contributed by atoms with Gasteiger partial charge in [-0.25, -0.2) is 0 Å². The lowest BCUT2D eigenvalue weighted by molar-refractivity contribution is 0.0475. The number of aliphatic hydroxyl groups excluding tert-OH is 1. The molecule has 0 amide bonds. The van der Waals surface area contributed by atoms with Crippen molar-refractivity contribution in [2.24, 2.45) is 23.5 Å². The van der Waals surface area contributed by atoms with Gasteiger partial charge in [0.25, 0.3) is 0 Å². The second-order valence-corrected chi connectivity index (χ2v) is 4.47. The van der Waals surface area contributed by atoms with Crippen LogP contribution in [0.4, 0.5) is 0 Å². The van der Waals surface area contributed by atoms with E-state index >= 15 is 0 Å². The lowest BCUT2D eigenvalue weighted by Crippen LogP contribution is -2.33. The summed E-state index contributed by atoms with van der Waals surface area (Å²) in [6.07, 6.45) is 4.63. The molecule has 0 radical (unpaired) electrons. The zero-order chi connectivity index (χ0) is 9.84. The Morgan fingerprint density at radius 1 is 1.46 bits per heavy atom. The van der Waals surface area contributed by atoms with Crippen molar-refractivity contribution in [1.82, 2.24) is 0 Å². The zero-order valence-corrected chi connectivity index (χ0v) is 8.87. The number of nitrogens with two attached hydrogens (primary N) is 1. The largest absolute Gasteiger partial charge is 0.393 e. The Morgan fingerprint density at radius 3 is 2.46 bits per heavy atom. The number of hydrogen-bond donors (Lipinski definition) is 2. The molecule has 0 bridgehead atoms. The minimum absolute atomic E-state index is 0.169. The predicted octanol–water partition coefficient (Wildman–Crippen LogP) is 1.77. The normalized spacial score (nSPS) is 24.0. The Morgan fingerprint density at radius 2 is 2.08 bits per heavy atom. The first-order valence-electron chi connectivity index (χ1n) is 5.58. The maximum Gasteiger partial charge on any atom is 0.0608 e. The van der Waals surface area contributed by atoms with Crippen molar-refractivity contribution < 1.29 is 5.11 Å². The maximum atomic E-state index is 10.0. The molecule has 0 saturated heterocycles. The number of rotatable bonds is 6. The third kappa shape index (κ3) is 2.96. The van der Waals surface area contributed by atoms with E-state index in [0.29, 0.717) is 18.4 Å². The van der Waals surface area contributed by atoms with Crippen LogP contribution in [0.2, 0.25) is 0 Å². The average Bonchev–Trinajstić information content (AvgIpc) is 2.95. The summed E-state index contributed by atoms with van der Waals surface area (Å²) >= 11 is 0. The highest BCUT2D eigenvalue weighted by Gasteiger charge is 2.35. The van der Waals surface area contributed by atoms with Crippen LogP contribution >= 0.6 is 0 Å². The van der Waals surface area contributed by atoms with Gasteiger partial charge in [-0.05, 0) is 43.6 Å². The van der Waals surface area contributed by atoms with Gasteiger partial charge in [-0.15, -0.1) is 0 Å². The van der Waals surface area contributed by atoms with E-state index in [1.807, 2.05) is 0 Å². The van der Waals surface area contributed by atoms with Crippen LogP contribution in [0.1, 0.15) is 39.5 Å². The Bertz CT molecular complexity index is 145. The van der Waals surface area contributed by atoms with Gasteiger partial charge >= 0.3 is 0 Å². The first kappa shape index (κ1) is 11.0. The van der Waals surface area contributed by atoms with Gasteiger partial charge in [0.2, 0.25) is 0 Å². The van der Waals surface area contributed by atoms with E-state index in [4.69, 9.17) is 5.73 Å². The van der Waals surface area contributed by atoms with Gasteiger partial charge in [0, 0.05) is 0 Å². The van der Waals surface area contributed by atoms with Gasteiger partial charge in [-0.2, -0.15) is 0 Å². The van der Waals surface area contributed by atoms with E-state index < -0.39 is 0 Å². The summed E-state index contributed by atoms with van der Waals surface area (Å²) in [5.74, 6) is 1.56. The zero-order valence-electron chi connectivity index (χ0n) is 8.87. The third-order valence-corrected chi connectivity index (χ3v) is 3.35. The van der Waals surface area contributed by atoms with Crippen LogP contribution in [0.15, 0.2) is 0 Å². The SMILES string of the molecule is CCCC(CN)C(O)C(C)C1CC1. The highest BCUT2D eigenvalue weighted by Crippen LogP contribution is 2.40. The minimum Gasteiger partial charge on any atom is -0.393 e. The molecule has 0 aromatic rings. The van der Waals surface area contributed by atoms with Crippen LogP contribution < -0.4 is 5.73 Å². The van der Waals surface area contributed by atoms with Crippen LogP contribution in [-0.4, -0.2) is 17.8 Å². The van der Waals surface area contributed by atoms with Gasteiger partial charge in [-0.3, -0.25) is 0 Å². The van der Waals surface area contributed by atoms with E-state index in [0.717, 1.165) is 18.8 Å². The molecule has 0 spiro atoms. The first-order valence-corrected chi connectivity index (χ1v) is 5.58. The van der Waals surface area contributed by atoms with Crippen molar-refractivity contribution in [1.29, 1.82) is 0 Å². The molecule has 3 atom stereocenters. The molecule has 1 fully saturated rings. The molecule has 13 heavy (non-hydrogen) atoms. The molecule has 1 saturated carbocycles. The van der Waals surface area contributed by atoms with Crippen LogP contribution in [-0.2, 0) is 0 Å². The summed E-state index contributed by atoms with van der Waals surface area (Å²) in [6, 6.07) is 0. The molecule has 1 aliphatic rings. The van der Waals surface area contributed by atoms with Crippen LogP contribution in [0.3, 0.4) is 0 Å². The van der Waals surface area contributed by atoms with Crippen molar-refractivity contribution in [3.8, 4) is 0 Å². The van der Waals surface area contributed by atoms with E-state index in [1.54, 1.807) is 0 Å². The summed E-state index contributed by atoms with van der Waals surface area (Å²) < 4.78 is 0. The molecular formula is C11H23NO. The molecule has 3 N–H and O–H groups in total. The molecule has 0 heterocycles. The molecule has 2 nitrogen and oxygen atoms in total. The lowest BCUT2D eigenvalue weighted by Gasteiger charge is -2.26. The third-order valence-electron chi connectivity index (χ3n) is 3.35. The standard InChI is InChI=1S/C11H23NO/c1-3-4-10(7-12)11(13)8(2)9-5-6-9/h8-11,13H,3-7,12H2,1-2H3. The molecule has 0 aromatic carbocycles. The molecule has 78 valence electrons. The topological polar surface area (TPSA) is 46.2 Å². The molecular weight excluding hydrogens is 162 g/mol. The van der Waals surface area contributed by atoms with E-state index in [-0.39, 0.29) is 6.10 Å². The molecule has 1 rings (SSSR count). The fourth-order valence-electron chi connectivity index (χ4n) is 2.13. The van der Waals surface area contributed by atoms with Crippen molar-refractivity contribution in [3.63, 3.8) is 0 Å². The molecule has 2 heteroatoms. The molecule has 0 aromatic heterocycles. The number of aliphatic hydroxyl groups is 1. The van der Waals surface area contributed by atoms with Crippen molar-refractivity contribution in [2.45, 2.75) is 45.6 Å². The van der Waals surface area contributed by atoms with Gasteiger partial charge in [0.1, 0.15) is 0 Å². The van der Waals surface area contributed by atoms with Gasteiger partial charge in [0.05, 0.1) is 6.10 Å². The minimum atomic E-state index is -0.169. The Hall–Kier alpha value is -0.0800. The second kappa shape index (κ2) is 4.97. The van der Waals surface area contributed by atoms with Gasteiger partial charge < -0.3 is 10.8 Å². The summed E-state index contributed by atoms with van der Waals surface area (Å²) in [7, 11) is 0. The Kier molecular flexibility index (Phi) is 4.20. The van der Waals surface area contributed by atoms with Crippen LogP contribution in [0, 0.1) is 17.8 Å². The Balaban J connectivity index is 2.36. The van der Waals surface area contributed by atoms with Gasteiger partial charge in [-0.1, -0.05) is 20.3 Å². The van der Waals surface area contributed by atoms with E-state index in [9.17, 15) is 5.11 Å². The molecule has 0 aliphatic heterocycles. The van der Waals surface area contributed by atoms with Crippen molar-refractivity contribution in [3.05, 3.63) is 0 Å². The quantitative estimate of drug-likeness (QED) is 0.662. The predicted molar refractivity (Wildman–Crippen MR) is 55.3 cm³/mol. The van der Waals surface area contributed by atoms with Crippen molar-refractivity contribution in [2.75, 3.05) is 6.54 Å². The molecule has 1 aliphatic carbocycles. The van der Waals surface area contributed by atoms with Crippen molar-refractivity contribution >= 4 is 0 Å². The highest BCUT2D eigenvalue weighted by atomic mass is 16.3. The summed E-state index contributed by atoms with van der Waals surface area (Å²) in [5.41, 5.74) is 5.66. The summed E-state index contributed by atoms with van der Waals surface area (Å²) in [4.78, 5) is 0. The fraction of sp³-hybridized carbons (Fsp3) is 1.00. The molecule has 3 unspecified atom stereocenters. The smallest absolute Gasteiger partial charge is 0.0608 e. The van der Waals surface area contributed by atoms with Gasteiger partial charge in [0.15, 0.2) is 0 Å². The number of hydrogen-bond acceptors (Lipinski definition) is 2. The maximum absolute atomic E-state index is 10.0. The highest BCUT2D eigenvalue weighted by molar-refractivity contribution is 4.86. The second-order valence-electron chi connectivity index (χ2n) is 4.47. The van der Waals surface area contributed by atoms with E-state index in [1.165, 1.54) is 12.8 Å².